The minimum Gasteiger partial charge on any atom is -0.484 e. The van der Waals surface area contributed by atoms with Gasteiger partial charge in [0.2, 0.25) is 23.6 Å². The van der Waals surface area contributed by atoms with Gasteiger partial charge in [-0.2, -0.15) is 0 Å². The summed E-state index contributed by atoms with van der Waals surface area (Å²) in [5, 5.41) is 28.2. The second-order valence-corrected chi connectivity index (χ2v) is 15.8. The van der Waals surface area contributed by atoms with Crippen LogP contribution in [0.1, 0.15) is 85.0 Å². The van der Waals surface area contributed by atoms with Crippen LogP contribution in [0, 0.1) is 5.92 Å². The maximum atomic E-state index is 13.6. The number of benzene rings is 2. The molecule has 2 aliphatic rings. The Kier molecular flexibility index (Phi) is 18.7. The number of carbonyl (C=O) groups excluding carboxylic acids is 7. The van der Waals surface area contributed by atoms with Crippen molar-refractivity contribution in [2.75, 3.05) is 32.8 Å². The third-order valence-electron chi connectivity index (χ3n) is 10.7. The fraction of sp³-hybridized carbons (Fsp3) is 0.595. The molecule has 2 aromatic carbocycles. The third kappa shape index (κ3) is 15.2. The predicted molar refractivity (Wildman–Crippen MR) is 222 cm³/mol. The Labute approximate surface area is 350 Å². The molecule has 9 N–H and O–H groups in total. The molecule has 1 heterocycles. The van der Waals surface area contributed by atoms with E-state index in [1.165, 1.54) is 11.8 Å². The normalized spacial score (nSPS) is 17.4. The first kappa shape index (κ1) is 47.0. The molecule has 0 bridgehead atoms. The van der Waals surface area contributed by atoms with E-state index in [0.29, 0.717) is 38.0 Å². The molecular formula is C42H62N8O10. The number of fused-ring (bicyclic) bond motifs is 1. The quantitative estimate of drug-likeness (QED) is 0.0845. The highest BCUT2D eigenvalue weighted by Crippen LogP contribution is 2.22. The summed E-state index contributed by atoms with van der Waals surface area (Å²) in [6, 6.07) is 8.50. The number of rotatable bonds is 21. The van der Waals surface area contributed by atoms with E-state index < -0.39 is 84.4 Å². The number of ether oxygens (including phenoxy) is 2. The molecule has 0 radical (unpaired) electrons. The molecule has 330 valence electrons. The topological polar surface area (TPSA) is 260 Å². The smallest absolute Gasteiger partial charge is 0.407 e. The highest BCUT2D eigenvalue weighted by atomic mass is 16.5. The number of aliphatic hydroxyl groups is 1. The average Bonchev–Trinajstić information content (AvgIpc) is 3.70. The lowest BCUT2D eigenvalue weighted by Gasteiger charge is -2.30. The Bertz CT molecular complexity index is 1790. The van der Waals surface area contributed by atoms with Crippen molar-refractivity contribution in [1.29, 1.82) is 0 Å². The molecule has 1 aliphatic heterocycles. The zero-order valence-corrected chi connectivity index (χ0v) is 34.8. The number of hydrogen-bond donors (Lipinski definition) is 8. The summed E-state index contributed by atoms with van der Waals surface area (Å²) in [5.74, 6) is -3.19. The van der Waals surface area contributed by atoms with Gasteiger partial charge < -0.3 is 57.1 Å². The number of alkyl carbamates (subject to hydrolysis) is 1. The number of nitrogens with one attached hydrogen (secondary N) is 6. The van der Waals surface area contributed by atoms with E-state index in [1.54, 1.807) is 26.0 Å². The molecular weight excluding hydrogens is 777 g/mol. The molecule has 2 fully saturated rings. The van der Waals surface area contributed by atoms with Gasteiger partial charge in [-0.05, 0) is 80.7 Å². The summed E-state index contributed by atoms with van der Waals surface area (Å²) in [6.45, 7) is 4.40. The number of carbonyl (C=O) groups is 7. The predicted octanol–water partition coefficient (Wildman–Crippen LogP) is 1.71. The van der Waals surface area contributed by atoms with Gasteiger partial charge in [0.05, 0.1) is 18.7 Å². The van der Waals surface area contributed by atoms with Crippen LogP contribution in [-0.4, -0.2) is 121 Å². The molecule has 1 saturated carbocycles. The van der Waals surface area contributed by atoms with Crippen LogP contribution in [0.4, 0.5) is 9.59 Å². The Morgan fingerprint density at radius 2 is 1.55 bits per heavy atom. The number of primary amides is 1. The Morgan fingerprint density at radius 3 is 2.25 bits per heavy atom. The van der Waals surface area contributed by atoms with Gasteiger partial charge in [-0.25, -0.2) is 9.59 Å². The minimum absolute atomic E-state index is 0.0285. The van der Waals surface area contributed by atoms with Gasteiger partial charge in [0.15, 0.2) is 6.61 Å². The number of amides is 8. The monoisotopic (exact) mass is 838 g/mol. The lowest BCUT2D eigenvalue weighted by Crippen LogP contribution is -2.58. The summed E-state index contributed by atoms with van der Waals surface area (Å²) >= 11 is 0. The second kappa shape index (κ2) is 23.8. The first-order chi connectivity index (χ1) is 28.7. The standard InChI is InChI=1S/C42H62N8O10/c1-26(2)36(49-38(54)33(17-9-10-20-44-41(43)57)47-35(53)25-59-32-19-18-28-12-7-8-13-29(28)22-32)39(55)45-23-34(52)48-37(27(3)51)40(56)50-21-11-16-31(50)24-60-42(58)46-30-14-5-4-6-15-30/h7-8,12-13,18-19,22,26-27,30-31,33,36-37,51H,4-6,9-11,14-17,20-21,23-25H2,1-3H3,(H,45,55)(H,46,58)(H,47,53)(H,48,52)(H,49,54)(H3,43,44,57)/t27-,31+,33+,36+,37+/m1/s1. The fourth-order valence-electron chi connectivity index (χ4n) is 7.38. The summed E-state index contributed by atoms with van der Waals surface area (Å²) in [7, 11) is 0. The minimum atomic E-state index is -1.33. The van der Waals surface area contributed by atoms with Gasteiger partial charge in [0, 0.05) is 19.1 Å². The van der Waals surface area contributed by atoms with E-state index in [0.717, 1.165) is 42.9 Å². The molecule has 1 saturated heterocycles. The Balaban J connectivity index is 1.30. The van der Waals surface area contributed by atoms with Crippen LogP contribution in [0.5, 0.6) is 5.75 Å². The van der Waals surface area contributed by atoms with Crippen molar-refractivity contribution in [3.63, 3.8) is 0 Å². The van der Waals surface area contributed by atoms with Crippen molar-refractivity contribution < 1.29 is 48.1 Å². The molecule has 18 heteroatoms. The van der Waals surface area contributed by atoms with Crippen LogP contribution in [0.25, 0.3) is 10.8 Å². The highest BCUT2D eigenvalue weighted by molar-refractivity contribution is 5.95. The number of aliphatic hydroxyl groups excluding tert-OH is 1. The molecule has 1 aliphatic carbocycles. The van der Waals surface area contributed by atoms with E-state index in [9.17, 15) is 38.7 Å². The Morgan fingerprint density at radius 1 is 0.817 bits per heavy atom. The SMILES string of the molecule is CC(C)[C@H](NC(=O)[C@H](CCCCNC(N)=O)NC(=O)COc1ccc2ccccc2c1)C(=O)NCC(=O)N[C@H](C(=O)N1CCC[C@H]1COC(=O)NC1CCCCC1)[C@@H](C)O. The fourth-order valence-corrected chi connectivity index (χ4v) is 7.38. The molecule has 0 unspecified atom stereocenters. The summed E-state index contributed by atoms with van der Waals surface area (Å²) < 4.78 is 11.2. The third-order valence-corrected chi connectivity index (χ3v) is 10.7. The van der Waals surface area contributed by atoms with Crippen molar-refractivity contribution in [3.05, 3.63) is 42.5 Å². The maximum Gasteiger partial charge on any atom is 0.407 e. The van der Waals surface area contributed by atoms with Gasteiger partial charge >= 0.3 is 12.1 Å². The van der Waals surface area contributed by atoms with Crippen molar-refractivity contribution in [3.8, 4) is 5.75 Å². The summed E-state index contributed by atoms with van der Waals surface area (Å²) in [5.41, 5.74) is 5.15. The second-order valence-electron chi connectivity index (χ2n) is 15.8. The number of hydrogen-bond acceptors (Lipinski definition) is 10. The first-order valence-corrected chi connectivity index (χ1v) is 20.9. The van der Waals surface area contributed by atoms with Crippen molar-refractivity contribution >= 4 is 52.4 Å². The van der Waals surface area contributed by atoms with Crippen LogP contribution in [-0.2, 0) is 28.7 Å². The van der Waals surface area contributed by atoms with Gasteiger partial charge in [0.25, 0.3) is 5.91 Å². The van der Waals surface area contributed by atoms with E-state index >= 15 is 0 Å². The number of unbranched alkanes of at least 4 members (excludes halogenated alkanes) is 1. The molecule has 4 rings (SSSR count). The molecule has 8 amide bonds. The molecule has 0 aromatic heterocycles. The van der Waals surface area contributed by atoms with Crippen molar-refractivity contribution in [2.45, 2.75) is 121 Å². The largest absolute Gasteiger partial charge is 0.484 e. The molecule has 2 aromatic rings. The summed E-state index contributed by atoms with van der Waals surface area (Å²) in [6.07, 6.45) is 5.49. The van der Waals surface area contributed by atoms with Crippen LogP contribution in [0.3, 0.4) is 0 Å². The maximum absolute atomic E-state index is 13.6. The average molecular weight is 839 g/mol. The van der Waals surface area contributed by atoms with Crippen LogP contribution in [0.2, 0.25) is 0 Å². The van der Waals surface area contributed by atoms with E-state index in [4.69, 9.17) is 15.2 Å². The summed E-state index contributed by atoms with van der Waals surface area (Å²) in [4.78, 5) is 91.8. The highest BCUT2D eigenvalue weighted by Gasteiger charge is 2.37. The van der Waals surface area contributed by atoms with Gasteiger partial charge in [-0.1, -0.05) is 63.4 Å². The van der Waals surface area contributed by atoms with Crippen molar-refractivity contribution in [2.24, 2.45) is 11.7 Å². The molecule has 0 spiro atoms. The van der Waals surface area contributed by atoms with Crippen LogP contribution >= 0.6 is 0 Å². The number of urea groups is 1. The molecule has 5 atom stereocenters. The molecule has 60 heavy (non-hydrogen) atoms. The number of nitrogens with zero attached hydrogens (tertiary/aromatic N) is 1. The number of likely N-dealkylation sites (tertiary alicyclic amines) is 1. The van der Waals surface area contributed by atoms with E-state index in [1.807, 2.05) is 30.3 Å². The van der Waals surface area contributed by atoms with E-state index in [-0.39, 0.29) is 32.2 Å². The van der Waals surface area contributed by atoms with Crippen LogP contribution < -0.4 is 42.4 Å². The zero-order valence-electron chi connectivity index (χ0n) is 34.8. The van der Waals surface area contributed by atoms with Gasteiger partial charge in [0.1, 0.15) is 30.5 Å². The number of nitrogens with two attached hydrogens (primary N) is 1. The zero-order chi connectivity index (χ0) is 43.6. The van der Waals surface area contributed by atoms with Gasteiger partial charge in [-0.3, -0.25) is 24.0 Å². The molecule has 18 nitrogen and oxygen atoms in total. The van der Waals surface area contributed by atoms with Crippen molar-refractivity contribution in [1.82, 2.24) is 36.8 Å². The van der Waals surface area contributed by atoms with E-state index in [2.05, 4.69) is 31.9 Å². The Hall–Kier alpha value is -5.65. The van der Waals surface area contributed by atoms with Crippen LogP contribution in [0.15, 0.2) is 42.5 Å². The lowest BCUT2D eigenvalue weighted by atomic mass is 9.96. The lowest BCUT2D eigenvalue weighted by molar-refractivity contribution is -0.140. The first-order valence-electron chi connectivity index (χ1n) is 20.9. The van der Waals surface area contributed by atoms with Gasteiger partial charge in [-0.15, -0.1) is 0 Å².